The molecule has 0 atom stereocenters. The number of likely N-dealkylation sites (tertiary alicyclic amines) is 1. The van der Waals surface area contributed by atoms with E-state index in [0.717, 1.165) is 13.1 Å². The molecule has 1 aliphatic rings. The van der Waals surface area contributed by atoms with Crippen LogP contribution in [-0.4, -0.2) is 28.9 Å². The Balaban J connectivity index is 0.000000202. The number of nitrogens with zero attached hydrogens (tertiary/aromatic N) is 2. The maximum atomic E-state index is 11.3. The van der Waals surface area contributed by atoms with Crippen LogP contribution in [0, 0.1) is 0 Å². The van der Waals surface area contributed by atoms with Crippen LogP contribution in [0.3, 0.4) is 0 Å². The van der Waals surface area contributed by atoms with Crippen molar-refractivity contribution in [1.29, 1.82) is 0 Å². The Labute approximate surface area is 103 Å². The van der Waals surface area contributed by atoms with Crippen molar-refractivity contribution < 1.29 is 4.79 Å². The van der Waals surface area contributed by atoms with Crippen LogP contribution >= 0.6 is 0 Å². The normalized spacial score (nSPS) is 14.5. The maximum Gasteiger partial charge on any atom is 0.226 e. The third-order valence-electron chi connectivity index (χ3n) is 2.59. The molecule has 1 aliphatic heterocycles. The number of rotatable bonds is 2. The SMILES string of the molecule is C=CCC(=O)N1CCCCC1.c1ccncc1. The molecule has 3 heteroatoms. The highest BCUT2D eigenvalue weighted by atomic mass is 16.2. The highest BCUT2D eigenvalue weighted by Crippen LogP contribution is 2.09. The lowest BCUT2D eigenvalue weighted by atomic mass is 10.1. The molecule has 0 aromatic carbocycles. The van der Waals surface area contributed by atoms with Gasteiger partial charge >= 0.3 is 0 Å². The average molecular weight is 232 g/mol. The summed E-state index contributed by atoms with van der Waals surface area (Å²) in [5.74, 6) is 0.236. The van der Waals surface area contributed by atoms with Crippen LogP contribution in [0.15, 0.2) is 43.2 Å². The van der Waals surface area contributed by atoms with E-state index in [1.165, 1.54) is 19.3 Å². The molecule has 0 bridgehead atoms. The molecule has 92 valence electrons. The fraction of sp³-hybridized carbons (Fsp3) is 0.429. The number of hydrogen-bond donors (Lipinski definition) is 0. The van der Waals surface area contributed by atoms with E-state index in [4.69, 9.17) is 0 Å². The summed E-state index contributed by atoms with van der Waals surface area (Å²) in [6.07, 6.45) is 9.29. The Bertz CT molecular complexity index is 292. The second-order valence-electron chi connectivity index (χ2n) is 3.96. The summed E-state index contributed by atoms with van der Waals surface area (Å²) in [5.41, 5.74) is 0. The quantitative estimate of drug-likeness (QED) is 0.734. The number of carbonyl (C=O) groups is 1. The molecule has 1 aromatic rings. The van der Waals surface area contributed by atoms with E-state index < -0.39 is 0 Å². The lowest BCUT2D eigenvalue weighted by Gasteiger charge is -2.26. The Hall–Kier alpha value is -1.64. The van der Waals surface area contributed by atoms with Crippen molar-refractivity contribution in [3.63, 3.8) is 0 Å². The van der Waals surface area contributed by atoms with Crippen molar-refractivity contribution in [3.8, 4) is 0 Å². The zero-order chi connectivity index (χ0) is 12.3. The summed E-state index contributed by atoms with van der Waals surface area (Å²) in [4.78, 5) is 17.0. The third-order valence-corrected chi connectivity index (χ3v) is 2.59. The van der Waals surface area contributed by atoms with E-state index in [1.54, 1.807) is 18.5 Å². The number of amides is 1. The number of carbonyl (C=O) groups excluding carboxylic acids is 1. The largest absolute Gasteiger partial charge is 0.342 e. The van der Waals surface area contributed by atoms with Gasteiger partial charge in [0.2, 0.25) is 5.91 Å². The molecule has 1 fully saturated rings. The van der Waals surface area contributed by atoms with E-state index >= 15 is 0 Å². The highest BCUT2D eigenvalue weighted by molar-refractivity contribution is 5.77. The van der Waals surface area contributed by atoms with Gasteiger partial charge in [0.1, 0.15) is 0 Å². The lowest BCUT2D eigenvalue weighted by Crippen LogP contribution is -2.35. The standard InChI is InChI=1S/C9H15NO.C5H5N/c1-2-6-9(11)10-7-4-3-5-8-10;1-2-4-6-5-3-1/h2H,1,3-8H2;1-5H. The molecule has 1 saturated heterocycles. The average Bonchev–Trinajstić information content (AvgIpc) is 2.43. The van der Waals surface area contributed by atoms with Gasteiger partial charge in [0.15, 0.2) is 0 Å². The minimum Gasteiger partial charge on any atom is -0.342 e. The smallest absolute Gasteiger partial charge is 0.226 e. The van der Waals surface area contributed by atoms with Gasteiger partial charge in [-0.2, -0.15) is 0 Å². The minimum absolute atomic E-state index is 0.236. The van der Waals surface area contributed by atoms with Crippen LogP contribution < -0.4 is 0 Å². The van der Waals surface area contributed by atoms with Gasteiger partial charge in [0, 0.05) is 31.9 Å². The van der Waals surface area contributed by atoms with Crippen LogP contribution in [0.4, 0.5) is 0 Å². The van der Waals surface area contributed by atoms with Gasteiger partial charge < -0.3 is 4.90 Å². The lowest BCUT2D eigenvalue weighted by molar-refractivity contribution is -0.131. The Morgan fingerprint density at radius 1 is 1.18 bits per heavy atom. The summed E-state index contributed by atoms with van der Waals surface area (Å²) < 4.78 is 0. The summed E-state index contributed by atoms with van der Waals surface area (Å²) >= 11 is 0. The first-order chi connectivity index (χ1) is 8.34. The molecule has 2 rings (SSSR count). The second kappa shape index (κ2) is 8.50. The van der Waals surface area contributed by atoms with Crippen molar-refractivity contribution in [2.75, 3.05) is 13.1 Å². The molecule has 1 aromatic heterocycles. The molecule has 0 spiro atoms. The molecule has 0 unspecified atom stereocenters. The fourth-order valence-electron chi connectivity index (χ4n) is 1.71. The second-order valence-corrected chi connectivity index (χ2v) is 3.96. The molecule has 0 radical (unpaired) electrons. The first kappa shape index (κ1) is 13.4. The predicted octanol–water partition coefficient (Wildman–Crippen LogP) is 2.66. The number of pyridine rings is 1. The zero-order valence-electron chi connectivity index (χ0n) is 10.2. The molecular weight excluding hydrogens is 212 g/mol. The third kappa shape index (κ3) is 5.85. The molecule has 2 heterocycles. The van der Waals surface area contributed by atoms with Gasteiger partial charge in [0.05, 0.1) is 0 Å². The van der Waals surface area contributed by atoms with Crippen molar-refractivity contribution in [2.24, 2.45) is 0 Å². The van der Waals surface area contributed by atoms with Crippen LogP contribution in [0.25, 0.3) is 0 Å². The van der Waals surface area contributed by atoms with E-state index in [1.807, 2.05) is 23.1 Å². The molecule has 0 saturated carbocycles. The first-order valence-corrected chi connectivity index (χ1v) is 6.08. The summed E-state index contributed by atoms with van der Waals surface area (Å²) in [7, 11) is 0. The van der Waals surface area contributed by atoms with Crippen LogP contribution in [-0.2, 0) is 4.79 Å². The Kier molecular flexibility index (Phi) is 6.72. The zero-order valence-corrected chi connectivity index (χ0v) is 10.2. The highest BCUT2D eigenvalue weighted by Gasteiger charge is 2.14. The molecule has 3 nitrogen and oxygen atoms in total. The number of hydrogen-bond acceptors (Lipinski definition) is 2. The van der Waals surface area contributed by atoms with Crippen LogP contribution in [0.2, 0.25) is 0 Å². The molecule has 0 aliphatic carbocycles. The van der Waals surface area contributed by atoms with Gasteiger partial charge in [-0.15, -0.1) is 6.58 Å². The monoisotopic (exact) mass is 232 g/mol. The molecule has 0 N–H and O–H groups in total. The van der Waals surface area contributed by atoms with Crippen LogP contribution in [0.1, 0.15) is 25.7 Å². The van der Waals surface area contributed by atoms with Crippen molar-refractivity contribution in [2.45, 2.75) is 25.7 Å². The molecular formula is C14H20N2O. The summed E-state index contributed by atoms with van der Waals surface area (Å²) in [6, 6.07) is 5.72. The molecule has 17 heavy (non-hydrogen) atoms. The Morgan fingerprint density at radius 3 is 2.24 bits per heavy atom. The van der Waals surface area contributed by atoms with Gasteiger partial charge in [-0.1, -0.05) is 12.1 Å². The summed E-state index contributed by atoms with van der Waals surface area (Å²) in [6.45, 7) is 5.45. The minimum atomic E-state index is 0.236. The van der Waals surface area contributed by atoms with Crippen molar-refractivity contribution in [1.82, 2.24) is 9.88 Å². The topological polar surface area (TPSA) is 33.2 Å². The van der Waals surface area contributed by atoms with E-state index in [9.17, 15) is 4.79 Å². The van der Waals surface area contributed by atoms with Crippen LogP contribution in [0.5, 0.6) is 0 Å². The van der Waals surface area contributed by atoms with E-state index in [-0.39, 0.29) is 5.91 Å². The Morgan fingerprint density at radius 2 is 1.82 bits per heavy atom. The van der Waals surface area contributed by atoms with Gasteiger partial charge in [0.25, 0.3) is 0 Å². The van der Waals surface area contributed by atoms with Crippen molar-refractivity contribution >= 4 is 5.91 Å². The first-order valence-electron chi connectivity index (χ1n) is 6.08. The fourth-order valence-corrected chi connectivity index (χ4v) is 1.71. The number of piperidine rings is 1. The van der Waals surface area contributed by atoms with E-state index in [2.05, 4.69) is 11.6 Å². The molecule has 1 amide bonds. The van der Waals surface area contributed by atoms with Gasteiger partial charge in [-0.05, 0) is 31.4 Å². The van der Waals surface area contributed by atoms with Gasteiger partial charge in [-0.25, -0.2) is 0 Å². The maximum absolute atomic E-state index is 11.3. The predicted molar refractivity (Wildman–Crippen MR) is 69.5 cm³/mol. The van der Waals surface area contributed by atoms with E-state index in [0.29, 0.717) is 6.42 Å². The van der Waals surface area contributed by atoms with Crippen molar-refractivity contribution in [3.05, 3.63) is 43.2 Å². The number of aromatic nitrogens is 1. The van der Waals surface area contributed by atoms with Gasteiger partial charge in [-0.3, -0.25) is 9.78 Å². The summed E-state index contributed by atoms with van der Waals surface area (Å²) in [5, 5.41) is 0.